The highest BCUT2D eigenvalue weighted by Gasteiger charge is 2.21. The summed E-state index contributed by atoms with van der Waals surface area (Å²) in [7, 11) is 0. The lowest BCUT2D eigenvalue weighted by atomic mass is 9.92. The number of aromatic nitrogens is 2. The predicted octanol–water partition coefficient (Wildman–Crippen LogP) is 5.00. The molecule has 0 radical (unpaired) electrons. The van der Waals surface area contributed by atoms with Gasteiger partial charge in [0.2, 0.25) is 0 Å². The molecule has 0 aliphatic carbocycles. The van der Waals surface area contributed by atoms with Crippen LogP contribution in [0.25, 0.3) is 10.9 Å². The fourth-order valence-corrected chi connectivity index (χ4v) is 5.73. The molecule has 0 amide bonds. The summed E-state index contributed by atoms with van der Waals surface area (Å²) in [5.41, 5.74) is 5.80. The minimum atomic E-state index is -0.0228. The summed E-state index contributed by atoms with van der Waals surface area (Å²) >= 11 is 1.55. The highest BCUT2D eigenvalue weighted by Crippen LogP contribution is 2.30. The maximum atomic E-state index is 13.3. The Balaban J connectivity index is 1.74. The minimum absolute atomic E-state index is 0.0228. The van der Waals surface area contributed by atoms with Crippen LogP contribution in [-0.2, 0) is 17.0 Å². The second kappa shape index (κ2) is 8.97. The number of rotatable bonds is 6. The fraction of sp³-hybridized carbons (Fsp3) is 0.400. The maximum Gasteiger partial charge on any atom is 0.262 e. The van der Waals surface area contributed by atoms with Gasteiger partial charge in [-0.25, -0.2) is 4.98 Å². The molecule has 3 aromatic rings. The molecule has 6 heteroatoms. The third-order valence-corrected chi connectivity index (χ3v) is 7.07. The van der Waals surface area contributed by atoms with E-state index in [4.69, 9.17) is 9.72 Å². The Morgan fingerprint density at radius 1 is 1.23 bits per heavy atom. The van der Waals surface area contributed by atoms with Crippen LogP contribution < -0.4 is 5.56 Å². The number of hydrogen-bond donors (Lipinski definition) is 0. The monoisotopic (exact) mass is 436 g/mol. The molecule has 0 spiro atoms. The van der Waals surface area contributed by atoms with E-state index < -0.39 is 0 Å². The van der Waals surface area contributed by atoms with Gasteiger partial charge in [-0.3, -0.25) is 14.2 Å². The summed E-state index contributed by atoms with van der Waals surface area (Å²) in [5, 5.41) is 1.33. The van der Waals surface area contributed by atoms with Crippen molar-refractivity contribution in [3.05, 3.63) is 68.5 Å². The van der Waals surface area contributed by atoms with E-state index in [0.717, 1.165) is 47.3 Å². The first-order valence-corrected chi connectivity index (χ1v) is 11.7. The molecule has 31 heavy (non-hydrogen) atoms. The summed E-state index contributed by atoms with van der Waals surface area (Å²) in [6, 6.07) is 9.57. The lowest BCUT2D eigenvalue weighted by Crippen LogP contribution is -2.28. The Hall–Kier alpha value is -2.44. The molecule has 1 fully saturated rings. The highest BCUT2D eigenvalue weighted by atomic mass is 32.2. The first-order chi connectivity index (χ1) is 14.9. The van der Waals surface area contributed by atoms with Crippen LogP contribution in [-0.4, -0.2) is 28.0 Å². The number of thioether (sulfide) groups is 1. The van der Waals surface area contributed by atoms with Crippen molar-refractivity contribution in [1.82, 2.24) is 9.55 Å². The Kier molecular flexibility index (Phi) is 6.30. The minimum Gasteiger partial charge on any atom is -0.376 e. The van der Waals surface area contributed by atoms with E-state index in [1.54, 1.807) is 23.3 Å². The maximum absolute atomic E-state index is 13.3. The Morgan fingerprint density at radius 2 is 2.00 bits per heavy atom. The van der Waals surface area contributed by atoms with Gasteiger partial charge in [-0.2, -0.15) is 0 Å². The number of Topliss-reactive ketones (excluding diaryl/α,β-unsaturated/α-hetero) is 1. The quantitative estimate of drug-likeness (QED) is 0.309. The average molecular weight is 437 g/mol. The molecule has 1 unspecified atom stereocenters. The number of benzene rings is 2. The molecule has 1 saturated heterocycles. The number of ketones is 1. The van der Waals surface area contributed by atoms with Crippen molar-refractivity contribution >= 4 is 28.4 Å². The molecular formula is C25H28N2O3S. The average Bonchev–Trinajstić information content (AvgIpc) is 3.23. The molecule has 4 rings (SSSR count). The second-order valence-corrected chi connectivity index (χ2v) is 9.24. The van der Waals surface area contributed by atoms with E-state index in [9.17, 15) is 9.59 Å². The predicted molar refractivity (Wildman–Crippen MR) is 125 cm³/mol. The zero-order valence-corrected chi connectivity index (χ0v) is 19.3. The second-order valence-electron chi connectivity index (χ2n) is 8.30. The Bertz CT molecular complexity index is 1210. The number of fused-ring (bicyclic) bond motifs is 1. The highest BCUT2D eigenvalue weighted by molar-refractivity contribution is 7.98. The smallest absolute Gasteiger partial charge is 0.262 e. The van der Waals surface area contributed by atoms with Gasteiger partial charge >= 0.3 is 0 Å². The van der Waals surface area contributed by atoms with Gasteiger partial charge in [0.1, 0.15) is 0 Å². The van der Waals surface area contributed by atoms with Crippen LogP contribution in [0.4, 0.5) is 0 Å². The van der Waals surface area contributed by atoms with E-state index in [-0.39, 0.29) is 17.4 Å². The molecule has 5 nitrogen and oxygen atoms in total. The molecule has 2 aromatic carbocycles. The molecule has 0 N–H and O–H groups in total. The summed E-state index contributed by atoms with van der Waals surface area (Å²) < 4.78 is 7.57. The zero-order valence-electron chi connectivity index (χ0n) is 18.5. The third-order valence-electron chi connectivity index (χ3n) is 6.07. The van der Waals surface area contributed by atoms with Crippen LogP contribution in [0.15, 0.2) is 40.3 Å². The van der Waals surface area contributed by atoms with E-state index in [1.165, 1.54) is 0 Å². The van der Waals surface area contributed by atoms with Crippen molar-refractivity contribution in [2.45, 2.75) is 64.1 Å². The number of hydrogen-bond acceptors (Lipinski definition) is 5. The topological polar surface area (TPSA) is 61.2 Å². The van der Waals surface area contributed by atoms with E-state index in [2.05, 4.69) is 13.0 Å². The van der Waals surface area contributed by atoms with Crippen molar-refractivity contribution in [1.29, 1.82) is 0 Å². The third kappa shape index (κ3) is 4.32. The first kappa shape index (κ1) is 21.8. The molecule has 0 bridgehead atoms. The van der Waals surface area contributed by atoms with Crippen molar-refractivity contribution < 1.29 is 9.53 Å². The number of nitrogens with zero attached hydrogens (tertiary/aromatic N) is 2. The molecule has 1 aliphatic rings. The summed E-state index contributed by atoms with van der Waals surface area (Å²) in [6.07, 6.45) is 2.03. The molecule has 2 heterocycles. The fourth-order valence-electron chi connectivity index (χ4n) is 4.54. The largest absolute Gasteiger partial charge is 0.376 e. The molecule has 162 valence electrons. The number of ether oxygens (including phenoxy) is 1. The summed E-state index contributed by atoms with van der Waals surface area (Å²) in [6.45, 7) is 8.96. The van der Waals surface area contributed by atoms with Gasteiger partial charge < -0.3 is 4.74 Å². The number of para-hydroxylation sites is 1. The van der Waals surface area contributed by atoms with Crippen molar-refractivity contribution in [2.75, 3.05) is 6.61 Å². The Labute approximate surface area is 186 Å². The van der Waals surface area contributed by atoms with Crippen LogP contribution in [0.1, 0.15) is 52.4 Å². The van der Waals surface area contributed by atoms with E-state index >= 15 is 0 Å². The standard InChI is InChI=1S/C25H28N2O3S/c1-15-12-16(2)23(18(4)28)17(3)21(15)14-31-25-26-22-10-6-5-9-20(22)24(29)27(25)13-19-8-7-11-30-19/h5-6,9-10,12,19H,7-8,11,13-14H2,1-4H3. The zero-order chi connectivity index (χ0) is 22.1. The molecule has 1 atom stereocenters. The first-order valence-electron chi connectivity index (χ1n) is 10.7. The summed E-state index contributed by atoms with van der Waals surface area (Å²) in [5.74, 6) is 0.731. The van der Waals surface area contributed by atoms with Crippen molar-refractivity contribution in [2.24, 2.45) is 0 Å². The lowest BCUT2D eigenvalue weighted by Gasteiger charge is -2.18. The number of carbonyl (C=O) groups is 1. The van der Waals surface area contributed by atoms with Crippen LogP contribution in [0.5, 0.6) is 0 Å². The number of aryl methyl sites for hydroxylation is 2. The molecular weight excluding hydrogens is 408 g/mol. The van der Waals surface area contributed by atoms with Crippen LogP contribution >= 0.6 is 11.8 Å². The molecule has 1 aromatic heterocycles. The molecule has 0 saturated carbocycles. The van der Waals surface area contributed by atoms with Gasteiger partial charge in [0, 0.05) is 17.9 Å². The van der Waals surface area contributed by atoms with Gasteiger partial charge in [0.05, 0.1) is 23.6 Å². The Morgan fingerprint density at radius 3 is 2.71 bits per heavy atom. The van der Waals surface area contributed by atoms with Gasteiger partial charge in [0.25, 0.3) is 5.56 Å². The lowest BCUT2D eigenvalue weighted by molar-refractivity contribution is 0.0937. The van der Waals surface area contributed by atoms with Gasteiger partial charge in [0.15, 0.2) is 10.9 Å². The number of carbonyl (C=O) groups excluding carboxylic acids is 1. The SMILES string of the molecule is CC(=O)c1c(C)cc(C)c(CSc2nc3ccccc3c(=O)n2CC2CCCO2)c1C. The van der Waals surface area contributed by atoms with Crippen LogP contribution in [0.2, 0.25) is 0 Å². The van der Waals surface area contributed by atoms with E-state index in [1.807, 2.05) is 38.1 Å². The van der Waals surface area contributed by atoms with Gasteiger partial charge in [-0.05, 0) is 74.9 Å². The normalized spacial score (nSPS) is 16.2. The van der Waals surface area contributed by atoms with E-state index in [0.29, 0.717) is 28.4 Å². The van der Waals surface area contributed by atoms with Crippen molar-refractivity contribution in [3.63, 3.8) is 0 Å². The summed E-state index contributed by atoms with van der Waals surface area (Å²) in [4.78, 5) is 30.3. The van der Waals surface area contributed by atoms with Crippen LogP contribution in [0.3, 0.4) is 0 Å². The van der Waals surface area contributed by atoms with Crippen molar-refractivity contribution in [3.8, 4) is 0 Å². The van der Waals surface area contributed by atoms with Gasteiger partial charge in [-0.15, -0.1) is 0 Å². The van der Waals surface area contributed by atoms with Crippen LogP contribution in [0, 0.1) is 20.8 Å². The van der Waals surface area contributed by atoms with Gasteiger partial charge in [-0.1, -0.05) is 30.0 Å². The molecule has 1 aliphatic heterocycles.